The van der Waals surface area contributed by atoms with Crippen LogP contribution in [0.5, 0.6) is 5.75 Å². The number of halogens is 1. The summed E-state index contributed by atoms with van der Waals surface area (Å²) in [6.07, 6.45) is 0. The van der Waals surface area contributed by atoms with E-state index in [-0.39, 0.29) is 5.82 Å². The normalized spacial score (nSPS) is 10.5. The number of rotatable bonds is 4. The van der Waals surface area contributed by atoms with Crippen molar-refractivity contribution in [3.63, 3.8) is 0 Å². The highest BCUT2D eigenvalue weighted by atomic mass is 19.1. The minimum absolute atomic E-state index is 0.246. The fourth-order valence-corrected chi connectivity index (χ4v) is 2.21. The number of aromatic amines is 1. The van der Waals surface area contributed by atoms with Gasteiger partial charge in [-0.25, -0.2) is 4.39 Å². The van der Waals surface area contributed by atoms with Crippen molar-refractivity contribution in [3.05, 3.63) is 59.9 Å². The molecule has 0 saturated heterocycles. The molecule has 0 aliphatic heterocycles. The zero-order valence-electron chi connectivity index (χ0n) is 12.4. The van der Waals surface area contributed by atoms with Gasteiger partial charge in [0.05, 0.1) is 12.8 Å². The minimum Gasteiger partial charge on any atom is -0.497 e. The van der Waals surface area contributed by atoms with E-state index >= 15 is 0 Å². The maximum absolute atomic E-state index is 13.1. The predicted octanol–water partition coefficient (Wildman–Crippen LogP) is 4.28. The maximum atomic E-state index is 13.1. The lowest BCUT2D eigenvalue weighted by molar-refractivity contribution is 0.415. The van der Waals surface area contributed by atoms with Gasteiger partial charge in [-0.05, 0) is 60.5 Å². The average Bonchev–Trinajstić information content (AvgIpc) is 2.99. The molecule has 0 atom stereocenters. The van der Waals surface area contributed by atoms with Crippen LogP contribution in [-0.2, 0) is 0 Å². The Morgan fingerprint density at radius 2 is 1.86 bits per heavy atom. The van der Waals surface area contributed by atoms with E-state index in [9.17, 15) is 4.39 Å². The van der Waals surface area contributed by atoms with Gasteiger partial charge in [0.25, 0.3) is 0 Å². The Morgan fingerprint density at radius 3 is 2.55 bits per heavy atom. The first-order chi connectivity index (χ1) is 10.7. The first kappa shape index (κ1) is 14.1. The van der Waals surface area contributed by atoms with E-state index in [2.05, 4.69) is 15.5 Å². The van der Waals surface area contributed by atoms with Crippen LogP contribution in [0.1, 0.15) is 5.56 Å². The third-order valence-corrected chi connectivity index (χ3v) is 3.43. The topological polar surface area (TPSA) is 49.9 Å². The first-order valence-corrected chi connectivity index (χ1v) is 6.89. The third-order valence-electron chi connectivity index (χ3n) is 3.43. The number of ether oxygens (including phenoxy) is 1. The highest BCUT2D eigenvalue weighted by molar-refractivity contribution is 5.67. The van der Waals surface area contributed by atoms with Crippen LogP contribution in [0.15, 0.2) is 48.5 Å². The fraction of sp³-hybridized carbons (Fsp3) is 0.118. The van der Waals surface area contributed by atoms with Crippen molar-refractivity contribution in [3.8, 4) is 17.0 Å². The van der Waals surface area contributed by atoms with Gasteiger partial charge in [-0.3, -0.25) is 5.10 Å². The molecule has 22 heavy (non-hydrogen) atoms. The molecule has 0 aliphatic rings. The van der Waals surface area contributed by atoms with Crippen LogP contribution in [0.4, 0.5) is 15.9 Å². The summed E-state index contributed by atoms with van der Waals surface area (Å²) in [5.74, 6) is 1.24. The molecule has 112 valence electrons. The van der Waals surface area contributed by atoms with E-state index in [1.807, 2.05) is 37.3 Å². The Hall–Kier alpha value is -2.82. The standard InChI is InChI=1S/C17H16FN3O/c1-11-9-13(18)5-8-15(11)19-17-10-16(20-21-17)12-3-6-14(22-2)7-4-12/h3-10H,1-2H3,(H2,19,20,21). The van der Waals surface area contributed by atoms with Gasteiger partial charge in [0.1, 0.15) is 11.6 Å². The highest BCUT2D eigenvalue weighted by Gasteiger charge is 2.06. The second kappa shape index (κ2) is 5.89. The summed E-state index contributed by atoms with van der Waals surface area (Å²) in [4.78, 5) is 0. The number of hydrogen-bond acceptors (Lipinski definition) is 3. The number of nitrogens with one attached hydrogen (secondary N) is 2. The number of benzene rings is 2. The summed E-state index contributed by atoms with van der Waals surface area (Å²) in [7, 11) is 1.64. The van der Waals surface area contributed by atoms with E-state index in [4.69, 9.17) is 4.74 Å². The molecule has 0 bridgehead atoms. The molecule has 0 unspecified atom stereocenters. The van der Waals surface area contributed by atoms with E-state index in [1.165, 1.54) is 12.1 Å². The summed E-state index contributed by atoms with van der Waals surface area (Å²) in [6, 6.07) is 14.2. The van der Waals surface area contributed by atoms with Gasteiger partial charge in [-0.15, -0.1) is 0 Å². The Morgan fingerprint density at radius 1 is 1.09 bits per heavy atom. The van der Waals surface area contributed by atoms with Crippen molar-refractivity contribution in [2.45, 2.75) is 6.92 Å². The van der Waals surface area contributed by atoms with Crippen molar-refractivity contribution in [2.24, 2.45) is 0 Å². The van der Waals surface area contributed by atoms with Crippen molar-refractivity contribution >= 4 is 11.5 Å². The number of hydrogen-bond donors (Lipinski definition) is 2. The molecule has 4 nitrogen and oxygen atoms in total. The number of nitrogens with zero attached hydrogens (tertiary/aromatic N) is 1. The largest absolute Gasteiger partial charge is 0.497 e. The van der Waals surface area contributed by atoms with E-state index < -0.39 is 0 Å². The Balaban J connectivity index is 1.81. The molecule has 0 spiro atoms. The molecule has 0 saturated carbocycles. The van der Waals surface area contributed by atoms with Gasteiger partial charge in [0.15, 0.2) is 5.82 Å². The van der Waals surface area contributed by atoms with Crippen LogP contribution in [0.2, 0.25) is 0 Å². The molecule has 3 aromatic rings. The molecule has 0 amide bonds. The van der Waals surface area contributed by atoms with Crippen LogP contribution < -0.4 is 10.1 Å². The summed E-state index contributed by atoms with van der Waals surface area (Å²) < 4.78 is 18.3. The van der Waals surface area contributed by atoms with Crippen molar-refractivity contribution < 1.29 is 9.13 Å². The van der Waals surface area contributed by atoms with Crippen LogP contribution in [0.3, 0.4) is 0 Å². The number of anilines is 2. The van der Waals surface area contributed by atoms with Crippen molar-refractivity contribution in [1.29, 1.82) is 0 Å². The SMILES string of the molecule is COc1ccc(-c2cc(Nc3ccc(F)cc3C)n[nH]2)cc1. The van der Waals surface area contributed by atoms with Crippen LogP contribution >= 0.6 is 0 Å². The molecule has 5 heteroatoms. The molecule has 0 radical (unpaired) electrons. The first-order valence-electron chi connectivity index (χ1n) is 6.89. The minimum atomic E-state index is -0.246. The summed E-state index contributed by atoms with van der Waals surface area (Å²) in [6.45, 7) is 1.85. The summed E-state index contributed by atoms with van der Waals surface area (Å²) in [5.41, 5.74) is 3.56. The third kappa shape index (κ3) is 2.93. The second-order valence-corrected chi connectivity index (χ2v) is 4.98. The number of H-pyrrole nitrogens is 1. The molecule has 3 rings (SSSR count). The van der Waals surface area contributed by atoms with E-state index in [1.54, 1.807) is 13.2 Å². The zero-order valence-corrected chi connectivity index (χ0v) is 12.4. The highest BCUT2D eigenvalue weighted by Crippen LogP contribution is 2.25. The molecular formula is C17H16FN3O. The Labute approximate surface area is 128 Å². The molecule has 0 fully saturated rings. The van der Waals surface area contributed by atoms with E-state index in [0.717, 1.165) is 28.3 Å². The predicted molar refractivity (Wildman–Crippen MR) is 85.0 cm³/mol. The molecule has 0 aliphatic carbocycles. The van der Waals surface area contributed by atoms with E-state index in [0.29, 0.717) is 5.82 Å². The van der Waals surface area contributed by atoms with Gasteiger partial charge < -0.3 is 10.1 Å². The molecule has 1 aromatic heterocycles. The van der Waals surface area contributed by atoms with Gasteiger partial charge in [0, 0.05) is 11.8 Å². The Bertz CT molecular complexity index is 781. The lowest BCUT2D eigenvalue weighted by Gasteiger charge is -2.06. The number of aromatic nitrogens is 2. The van der Waals surface area contributed by atoms with Gasteiger partial charge in [-0.1, -0.05) is 0 Å². The monoisotopic (exact) mass is 297 g/mol. The van der Waals surface area contributed by atoms with Gasteiger partial charge in [-0.2, -0.15) is 5.10 Å². The molecule has 1 heterocycles. The fourth-order valence-electron chi connectivity index (χ4n) is 2.21. The number of methoxy groups -OCH3 is 1. The van der Waals surface area contributed by atoms with Crippen molar-refractivity contribution in [2.75, 3.05) is 12.4 Å². The van der Waals surface area contributed by atoms with Crippen LogP contribution in [-0.4, -0.2) is 17.3 Å². The van der Waals surface area contributed by atoms with Crippen LogP contribution in [0, 0.1) is 12.7 Å². The van der Waals surface area contributed by atoms with Crippen LogP contribution in [0.25, 0.3) is 11.3 Å². The number of aryl methyl sites for hydroxylation is 1. The molecular weight excluding hydrogens is 281 g/mol. The van der Waals surface area contributed by atoms with Gasteiger partial charge in [0.2, 0.25) is 0 Å². The summed E-state index contributed by atoms with van der Waals surface area (Å²) >= 11 is 0. The lowest BCUT2D eigenvalue weighted by atomic mass is 10.1. The van der Waals surface area contributed by atoms with Gasteiger partial charge >= 0.3 is 0 Å². The van der Waals surface area contributed by atoms with Crippen molar-refractivity contribution in [1.82, 2.24) is 10.2 Å². The quantitative estimate of drug-likeness (QED) is 0.756. The maximum Gasteiger partial charge on any atom is 0.152 e. The zero-order chi connectivity index (χ0) is 15.5. The molecule has 2 N–H and O–H groups in total. The summed E-state index contributed by atoms with van der Waals surface area (Å²) in [5, 5.41) is 10.4. The lowest BCUT2D eigenvalue weighted by Crippen LogP contribution is -1.93. The second-order valence-electron chi connectivity index (χ2n) is 4.98. The smallest absolute Gasteiger partial charge is 0.152 e. The molecule has 2 aromatic carbocycles. The average molecular weight is 297 g/mol. The Kier molecular flexibility index (Phi) is 3.78.